The lowest BCUT2D eigenvalue weighted by atomic mass is 10.1. The Labute approximate surface area is 115 Å². The van der Waals surface area contributed by atoms with Gasteiger partial charge in [-0.05, 0) is 25.5 Å². The van der Waals surface area contributed by atoms with Gasteiger partial charge in [-0.1, -0.05) is 0 Å². The monoisotopic (exact) mass is 288 g/mol. The number of hydrogen-bond donors (Lipinski definition) is 1. The first kappa shape index (κ1) is 14.9. The second kappa shape index (κ2) is 6.32. The third-order valence-electron chi connectivity index (χ3n) is 3.46. The number of methoxy groups -OCH3 is 1. The highest BCUT2D eigenvalue weighted by molar-refractivity contribution is 5.93. The molecule has 0 unspecified atom stereocenters. The molecule has 0 spiro atoms. The molecule has 1 amide bonds. The van der Waals surface area contributed by atoms with Crippen LogP contribution in [-0.2, 0) is 9.47 Å². The van der Waals surface area contributed by atoms with E-state index in [4.69, 9.17) is 9.47 Å². The summed E-state index contributed by atoms with van der Waals surface area (Å²) in [7, 11) is 1.56. The van der Waals surface area contributed by atoms with Crippen LogP contribution in [0.4, 0.5) is 8.78 Å². The molecule has 5 nitrogen and oxygen atoms in total. The molecule has 0 aromatic carbocycles. The van der Waals surface area contributed by atoms with E-state index < -0.39 is 12.5 Å². The lowest BCUT2D eigenvalue weighted by Crippen LogP contribution is -2.50. The van der Waals surface area contributed by atoms with Gasteiger partial charge in [0.15, 0.2) is 0 Å². The zero-order valence-electron chi connectivity index (χ0n) is 11.4. The molecular formula is C13H18F2N2O3. The SMILES string of the molecule is CO[C@@H]1CCOC[C@H]1NC(=O)c1ccc(C)n1C(F)F. The zero-order chi connectivity index (χ0) is 14.7. The van der Waals surface area contributed by atoms with E-state index in [1.807, 2.05) is 0 Å². The van der Waals surface area contributed by atoms with E-state index in [1.165, 1.54) is 19.1 Å². The van der Waals surface area contributed by atoms with Gasteiger partial charge in [0.05, 0.1) is 18.8 Å². The molecule has 2 atom stereocenters. The maximum Gasteiger partial charge on any atom is 0.319 e. The second-order valence-corrected chi connectivity index (χ2v) is 4.73. The number of carbonyl (C=O) groups is 1. The highest BCUT2D eigenvalue weighted by atomic mass is 19.3. The van der Waals surface area contributed by atoms with Crippen molar-refractivity contribution in [3.63, 3.8) is 0 Å². The molecule has 1 aromatic rings. The highest BCUT2D eigenvalue weighted by Crippen LogP contribution is 2.19. The number of nitrogens with zero attached hydrogens (tertiary/aromatic N) is 1. The third-order valence-corrected chi connectivity index (χ3v) is 3.46. The van der Waals surface area contributed by atoms with E-state index in [0.29, 0.717) is 29.9 Å². The van der Waals surface area contributed by atoms with Crippen molar-refractivity contribution in [1.82, 2.24) is 9.88 Å². The van der Waals surface area contributed by atoms with Crippen LogP contribution in [0.2, 0.25) is 0 Å². The van der Waals surface area contributed by atoms with Crippen molar-refractivity contribution in [2.45, 2.75) is 32.0 Å². The summed E-state index contributed by atoms with van der Waals surface area (Å²) in [5.41, 5.74) is 0.284. The number of ether oxygens (including phenoxy) is 2. The Hall–Kier alpha value is -1.47. The van der Waals surface area contributed by atoms with Crippen LogP contribution >= 0.6 is 0 Å². The van der Waals surface area contributed by atoms with Crippen molar-refractivity contribution in [2.24, 2.45) is 0 Å². The van der Waals surface area contributed by atoms with Gasteiger partial charge in [0, 0.05) is 19.4 Å². The van der Waals surface area contributed by atoms with E-state index in [-0.39, 0.29) is 17.8 Å². The number of nitrogens with one attached hydrogen (secondary N) is 1. The average molecular weight is 288 g/mol. The molecule has 0 aliphatic carbocycles. The van der Waals surface area contributed by atoms with Gasteiger partial charge in [0.2, 0.25) is 0 Å². The summed E-state index contributed by atoms with van der Waals surface area (Å²) in [5.74, 6) is -0.545. The summed E-state index contributed by atoms with van der Waals surface area (Å²) in [6.07, 6.45) is 0.500. The molecule has 0 radical (unpaired) electrons. The molecule has 1 aliphatic heterocycles. The number of carbonyl (C=O) groups excluding carboxylic acids is 1. The quantitative estimate of drug-likeness (QED) is 0.918. The number of amides is 1. The van der Waals surface area contributed by atoms with Crippen LogP contribution in [0, 0.1) is 6.92 Å². The Bertz CT molecular complexity index is 476. The van der Waals surface area contributed by atoms with Crippen LogP contribution in [0.3, 0.4) is 0 Å². The number of rotatable bonds is 4. The van der Waals surface area contributed by atoms with Crippen molar-refractivity contribution in [1.29, 1.82) is 0 Å². The van der Waals surface area contributed by atoms with Crippen LogP contribution in [0.25, 0.3) is 0 Å². The molecule has 2 rings (SSSR count). The van der Waals surface area contributed by atoms with Crippen molar-refractivity contribution >= 4 is 5.91 Å². The van der Waals surface area contributed by atoms with E-state index in [0.717, 1.165) is 0 Å². The van der Waals surface area contributed by atoms with Crippen LogP contribution in [0.15, 0.2) is 12.1 Å². The minimum absolute atomic E-state index is 0.0575. The van der Waals surface area contributed by atoms with Crippen molar-refractivity contribution in [3.8, 4) is 0 Å². The van der Waals surface area contributed by atoms with Gasteiger partial charge in [0.25, 0.3) is 5.91 Å². The van der Waals surface area contributed by atoms with E-state index in [1.54, 1.807) is 7.11 Å². The summed E-state index contributed by atoms with van der Waals surface area (Å²) >= 11 is 0. The van der Waals surface area contributed by atoms with Crippen LogP contribution in [0.5, 0.6) is 0 Å². The molecule has 2 heterocycles. The van der Waals surface area contributed by atoms with Gasteiger partial charge >= 0.3 is 6.55 Å². The largest absolute Gasteiger partial charge is 0.379 e. The van der Waals surface area contributed by atoms with Crippen molar-refractivity contribution in [3.05, 3.63) is 23.5 Å². The van der Waals surface area contributed by atoms with E-state index in [2.05, 4.69) is 5.32 Å². The van der Waals surface area contributed by atoms with Gasteiger partial charge in [-0.2, -0.15) is 8.78 Å². The maximum absolute atomic E-state index is 12.9. The number of aryl methyl sites for hydroxylation is 1. The predicted octanol–water partition coefficient (Wildman–Crippen LogP) is 1.73. The maximum atomic E-state index is 12.9. The minimum atomic E-state index is -2.74. The standard InChI is InChI=1S/C13H18F2N2O3/c1-8-3-4-10(17(8)13(14)15)12(18)16-9-7-20-6-5-11(9)19-2/h3-4,9,11,13H,5-7H2,1-2H3,(H,16,18)/t9-,11-/m1/s1. The van der Waals surface area contributed by atoms with Gasteiger partial charge in [-0.25, -0.2) is 0 Å². The molecule has 1 aliphatic rings. The van der Waals surface area contributed by atoms with Gasteiger partial charge in [-0.3, -0.25) is 9.36 Å². The summed E-state index contributed by atoms with van der Waals surface area (Å²) in [5, 5.41) is 2.70. The van der Waals surface area contributed by atoms with Crippen molar-refractivity contribution in [2.75, 3.05) is 20.3 Å². The first-order chi connectivity index (χ1) is 9.54. The van der Waals surface area contributed by atoms with Crippen LogP contribution in [-0.4, -0.2) is 42.9 Å². The molecule has 1 saturated heterocycles. The summed E-state index contributed by atoms with van der Waals surface area (Å²) in [4.78, 5) is 12.1. The summed E-state index contributed by atoms with van der Waals surface area (Å²) in [6.45, 7) is -0.327. The van der Waals surface area contributed by atoms with Gasteiger partial charge in [0.1, 0.15) is 5.69 Å². The zero-order valence-corrected chi connectivity index (χ0v) is 11.4. The Kier molecular flexibility index (Phi) is 4.72. The Balaban J connectivity index is 2.12. The number of hydrogen-bond acceptors (Lipinski definition) is 3. The fourth-order valence-electron chi connectivity index (χ4n) is 2.37. The summed E-state index contributed by atoms with van der Waals surface area (Å²) in [6, 6.07) is 2.55. The highest BCUT2D eigenvalue weighted by Gasteiger charge is 2.29. The molecule has 1 aromatic heterocycles. The van der Waals surface area contributed by atoms with Gasteiger partial charge in [-0.15, -0.1) is 0 Å². The number of alkyl halides is 2. The first-order valence-electron chi connectivity index (χ1n) is 6.42. The molecular weight excluding hydrogens is 270 g/mol. The fraction of sp³-hybridized carbons (Fsp3) is 0.615. The van der Waals surface area contributed by atoms with Crippen LogP contribution < -0.4 is 5.32 Å². The molecule has 0 bridgehead atoms. The van der Waals surface area contributed by atoms with E-state index in [9.17, 15) is 13.6 Å². The van der Waals surface area contributed by atoms with Crippen LogP contribution in [0.1, 0.15) is 29.2 Å². The average Bonchev–Trinajstić information content (AvgIpc) is 2.81. The molecule has 7 heteroatoms. The Morgan fingerprint density at radius 3 is 2.95 bits per heavy atom. The molecule has 20 heavy (non-hydrogen) atoms. The number of halogens is 2. The Morgan fingerprint density at radius 2 is 2.30 bits per heavy atom. The molecule has 112 valence electrons. The lowest BCUT2D eigenvalue weighted by Gasteiger charge is -2.31. The normalized spacial score (nSPS) is 23.1. The molecule has 1 N–H and O–H groups in total. The first-order valence-corrected chi connectivity index (χ1v) is 6.42. The van der Waals surface area contributed by atoms with Crippen molar-refractivity contribution < 1.29 is 23.0 Å². The van der Waals surface area contributed by atoms with E-state index >= 15 is 0 Å². The Morgan fingerprint density at radius 1 is 1.55 bits per heavy atom. The lowest BCUT2D eigenvalue weighted by molar-refractivity contribution is -0.0351. The van der Waals surface area contributed by atoms with Gasteiger partial charge < -0.3 is 14.8 Å². The fourth-order valence-corrected chi connectivity index (χ4v) is 2.37. The second-order valence-electron chi connectivity index (χ2n) is 4.73. The topological polar surface area (TPSA) is 52.5 Å². The molecule has 1 fully saturated rings. The predicted molar refractivity (Wildman–Crippen MR) is 67.9 cm³/mol. The third kappa shape index (κ3) is 2.99. The minimum Gasteiger partial charge on any atom is -0.379 e. The number of aromatic nitrogens is 1. The summed E-state index contributed by atoms with van der Waals surface area (Å²) < 4.78 is 37.1. The smallest absolute Gasteiger partial charge is 0.319 e. The molecule has 0 saturated carbocycles.